The lowest BCUT2D eigenvalue weighted by Gasteiger charge is -2.12. The van der Waals surface area contributed by atoms with E-state index in [1.54, 1.807) is 18.2 Å². The molecular formula is C15H11F3N2O. The van der Waals surface area contributed by atoms with Gasteiger partial charge in [0.05, 0.1) is 22.9 Å². The topological polar surface area (TPSA) is 59.0 Å². The molecule has 0 saturated heterocycles. The lowest BCUT2D eigenvalue weighted by molar-refractivity contribution is -0.137. The van der Waals surface area contributed by atoms with E-state index in [0.717, 1.165) is 23.8 Å². The second-order valence-electron chi connectivity index (χ2n) is 4.46. The van der Waals surface area contributed by atoms with E-state index in [-0.39, 0.29) is 5.75 Å². The summed E-state index contributed by atoms with van der Waals surface area (Å²) in [5.74, 6) is 0.444. The minimum absolute atomic E-state index is 0.120. The van der Waals surface area contributed by atoms with Crippen molar-refractivity contribution < 1.29 is 17.9 Å². The van der Waals surface area contributed by atoms with Crippen LogP contribution in [0.25, 0.3) is 0 Å². The Morgan fingerprint density at radius 3 is 2.43 bits per heavy atom. The molecule has 0 fully saturated rings. The van der Waals surface area contributed by atoms with Crippen LogP contribution >= 0.6 is 0 Å². The Morgan fingerprint density at radius 2 is 1.86 bits per heavy atom. The molecule has 0 aliphatic heterocycles. The van der Waals surface area contributed by atoms with Crippen LogP contribution in [0, 0.1) is 18.3 Å². The van der Waals surface area contributed by atoms with Crippen LogP contribution in [0.2, 0.25) is 0 Å². The summed E-state index contributed by atoms with van der Waals surface area (Å²) >= 11 is 0. The molecule has 0 atom stereocenters. The van der Waals surface area contributed by atoms with Crippen molar-refractivity contribution in [1.29, 1.82) is 5.26 Å². The molecule has 0 radical (unpaired) electrons. The summed E-state index contributed by atoms with van der Waals surface area (Å²) in [6.07, 6.45) is -4.58. The first-order valence-electron chi connectivity index (χ1n) is 5.96. The number of rotatable bonds is 2. The molecule has 0 amide bonds. The number of benzene rings is 2. The Labute approximate surface area is 119 Å². The van der Waals surface area contributed by atoms with Crippen LogP contribution < -0.4 is 10.5 Å². The highest BCUT2D eigenvalue weighted by atomic mass is 19.4. The number of nitrogens with zero attached hydrogens (tertiary/aromatic N) is 1. The molecule has 0 aliphatic carbocycles. The van der Waals surface area contributed by atoms with E-state index in [2.05, 4.69) is 0 Å². The van der Waals surface area contributed by atoms with Crippen LogP contribution in [0.1, 0.15) is 16.7 Å². The Balaban J connectivity index is 2.36. The highest BCUT2D eigenvalue weighted by molar-refractivity contribution is 5.56. The first-order chi connectivity index (χ1) is 9.81. The molecule has 0 unspecified atom stereocenters. The molecule has 3 nitrogen and oxygen atoms in total. The number of nitriles is 1. The number of anilines is 1. The molecule has 6 heteroatoms. The molecule has 0 aromatic heterocycles. The van der Waals surface area contributed by atoms with Crippen LogP contribution in [0.15, 0.2) is 36.4 Å². The van der Waals surface area contributed by atoms with Crippen LogP contribution in [0.3, 0.4) is 0 Å². The maximum absolute atomic E-state index is 12.7. The van der Waals surface area contributed by atoms with Gasteiger partial charge < -0.3 is 10.5 Å². The molecular weight excluding hydrogens is 281 g/mol. The summed E-state index contributed by atoms with van der Waals surface area (Å²) in [4.78, 5) is 0. The zero-order valence-corrected chi connectivity index (χ0v) is 11.0. The van der Waals surface area contributed by atoms with E-state index < -0.39 is 17.3 Å². The molecule has 0 bridgehead atoms. The fourth-order valence-electron chi connectivity index (χ4n) is 1.81. The van der Waals surface area contributed by atoms with Crippen molar-refractivity contribution in [2.45, 2.75) is 13.1 Å². The third kappa shape index (κ3) is 3.26. The van der Waals surface area contributed by atoms with Crippen LogP contribution in [0.4, 0.5) is 18.9 Å². The van der Waals surface area contributed by atoms with Gasteiger partial charge in [0.15, 0.2) is 0 Å². The van der Waals surface area contributed by atoms with Gasteiger partial charge in [-0.1, -0.05) is 6.07 Å². The van der Waals surface area contributed by atoms with E-state index in [1.165, 1.54) is 6.07 Å². The number of hydrogen-bond donors (Lipinski definition) is 1. The number of nitrogens with two attached hydrogens (primary N) is 1. The Kier molecular flexibility index (Phi) is 3.76. The smallest absolute Gasteiger partial charge is 0.417 e. The van der Waals surface area contributed by atoms with Gasteiger partial charge in [-0.25, -0.2) is 0 Å². The van der Waals surface area contributed by atoms with E-state index in [1.807, 2.05) is 6.92 Å². The SMILES string of the molecule is Cc1ccc(Oc2ccc(C(F)(F)F)c(C#N)c2)c(N)c1. The Morgan fingerprint density at radius 1 is 1.14 bits per heavy atom. The van der Waals surface area contributed by atoms with Crippen LogP contribution in [-0.4, -0.2) is 0 Å². The second-order valence-corrected chi connectivity index (χ2v) is 4.46. The lowest BCUT2D eigenvalue weighted by Crippen LogP contribution is -2.07. The Bertz CT molecular complexity index is 718. The van der Waals surface area contributed by atoms with Crippen molar-refractivity contribution >= 4 is 5.69 Å². The first-order valence-corrected chi connectivity index (χ1v) is 5.96. The Hall–Kier alpha value is -2.68. The summed E-state index contributed by atoms with van der Waals surface area (Å²) in [5.41, 5.74) is 5.59. The normalized spacial score (nSPS) is 11.0. The van der Waals surface area contributed by atoms with Crippen LogP contribution in [-0.2, 0) is 6.18 Å². The summed E-state index contributed by atoms with van der Waals surface area (Å²) in [5, 5.41) is 8.83. The standard InChI is InChI=1S/C15H11F3N2O/c1-9-2-5-14(13(20)6-9)21-11-3-4-12(15(16,17)18)10(7-11)8-19/h2-7H,20H2,1H3. The van der Waals surface area contributed by atoms with Crippen LogP contribution in [0.5, 0.6) is 11.5 Å². The summed E-state index contributed by atoms with van der Waals surface area (Å²) in [6, 6.07) is 9.61. The fourth-order valence-corrected chi connectivity index (χ4v) is 1.81. The quantitative estimate of drug-likeness (QED) is 0.841. The molecule has 108 valence electrons. The summed E-state index contributed by atoms with van der Waals surface area (Å²) in [6.45, 7) is 1.85. The van der Waals surface area contributed by atoms with Gasteiger partial charge in [-0.05, 0) is 42.8 Å². The third-order valence-corrected chi connectivity index (χ3v) is 2.81. The summed E-state index contributed by atoms with van der Waals surface area (Å²) < 4.78 is 43.5. The maximum Gasteiger partial charge on any atom is 0.417 e. The zero-order chi connectivity index (χ0) is 15.6. The lowest BCUT2D eigenvalue weighted by atomic mass is 10.1. The average molecular weight is 292 g/mol. The van der Waals surface area contributed by atoms with Crippen molar-refractivity contribution in [3.63, 3.8) is 0 Å². The van der Waals surface area contributed by atoms with Gasteiger partial charge in [0.25, 0.3) is 0 Å². The van der Waals surface area contributed by atoms with E-state index in [4.69, 9.17) is 15.7 Å². The number of nitrogen functional groups attached to an aromatic ring is 1. The number of ether oxygens (including phenoxy) is 1. The third-order valence-electron chi connectivity index (χ3n) is 2.81. The minimum atomic E-state index is -4.58. The zero-order valence-electron chi connectivity index (χ0n) is 11.0. The highest BCUT2D eigenvalue weighted by Crippen LogP contribution is 2.35. The van der Waals surface area contributed by atoms with Crippen molar-refractivity contribution in [2.75, 3.05) is 5.73 Å². The maximum atomic E-state index is 12.7. The number of alkyl halides is 3. The van der Waals surface area contributed by atoms with E-state index >= 15 is 0 Å². The van der Waals surface area contributed by atoms with Crippen molar-refractivity contribution in [1.82, 2.24) is 0 Å². The molecule has 0 spiro atoms. The molecule has 2 aromatic carbocycles. The van der Waals surface area contributed by atoms with Gasteiger partial charge in [-0.3, -0.25) is 0 Å². The molecule has 0 heterocycles. The minimum Gasteiger partial charge on any atom is -0.455 e. The average Bonchev–Trinajstić information content (AvgIpc) is 2.40. The van der Waals surface area contributed by atoms with Gasteiger partial charge in [0.2, 0.25) is 0 Å². The van der Waals surface area contributed by atoms with Gasteiger partial charge in [-0.15, -0.1) is 0 Å². The van der Waals surface area contributed by atoms with Crippen molar-refractivity contribution in [3.8, 4) is 17.6 Å². The van der Waals surface area contributed by atoms with Gasteiger partial charge in [0.1, 0.15) is 11.5 Å². The van der Waals surface area contributed by atoms with E-state index in [0.29, 0.717) is 11.4 Å². The molecule has 0 aliphatic rings. The second kappa shape index (κ2) is 5.37. The van der Waals surface area contributed by atoms with Gasteiger partial charge in [-0.2, -0.15) is 18.4 Å². The highest BCUT2D eigenvalue weighted by Gasteiger charge is 2.33. The summed E-state index contributed by atoms with van der Waals surface area (Å²) in [7, 11) is 0. The molecule has 21 heavy (non-hydrogen) atoms. The predicted octanol–water partition coefficient (Wildman–Crippen LogP) is 4.26. The number of halogens is 3. The molecule has 2 aromatic rings. The molecule has 2 N–H and O–H groups in total. The fraction of sp³-hybridized carbons (Fsp3) is 0.133. The van der Waals surface area contributed by atoms with Crippen molar-refractivity contribution in [3.05, 3.63) is 53.1 Å². The largest absolute Gasteiger partial charge is 0.455 e. The number of hydrogen-bond acceptors (Lipinski definition) is 3. The van der Waals surface area contributed by atoms with Gasteiger partial charge >= 0.3 is 6.18 Å². The van der Waals surface area contributed by atoms with E-state index in [9.17, 15) is 13.2 Å². The monoisotopic (exact) mass is 292 g/mol. The molecule has 0 saturated carbocycles. The predicted molar refractivity (Wildman–Crippen MR) is 71.8 cm³/mol. The van der Waals surface area contributed by atoms with Gasteiger partial charge in [0, 0.05) is 0 Å². The number of aryl methyl sites for hydroxylation is 1. The first kappa shape index (κ1) is 14.7. The van der Waals surface area contributed by atoms with Crippen molar-refractivity contribution in [2.24, 2.45) is 0 Å². The molecule has 2 rings (SSSR count).